The van der Waals surface area contributed by atoms with Gasteiger partial charge in [-0.05, 0) is 51.7 Å². The summed E-state index contributed by atoms with van der Waals surface area (Å²) in [6, 6.07) is 0. The summed E-state index contributed by atoms with van der Waals surface area (Å²) in [7, 11) is 2.17. The molecule has 2 aliphatic heterocycles. The van der Waals surface area contributed by atoms with Gasteiger partial charge >= 0.3 is 0 Å². The maximum atomic E-state index is 12.1. The number of hydrogen-bond donors (Lipinski definition) is 2. The number of carbonyl (C=O) groups is 1. The van der Waals surface area contributed by atoms with E-state index in [9.17, 15) is 4.79 Å². The summed E-state index contributed by atoms with van der Waals surface area (Å²) in [6.45, 7) is 4.99. The van der Waals surface area contributed by atoms with Crippen LogP contribution in [0, 0.1) is 5.92 Å². The van der Waals surface area contributed by atoms with Gasteiger partial charge in [0.15, 0.2) is 0 Å². The fraction of sp³-hybridized carbons (Fsp3) is 0.733. The first-order valence-electron chi connectivity index (χ1n) is 8.00. The average Bonchev–Trinajstić information content (AvgIpc) is 2.93. The molecule has 2 aliphatic rings. The van der Waals surface area contributed by atoms with Crippen LogP contribution in [0.5, 0.6) is 0 Å². The third-order valence-electron chi connectivity index (χ3n) is 4.54. The summed E-state index contributed by atoms with van der Waals surface area (Å²) >= 11 is 0. The van der Waals surface area contributed by atoms with Crippen molar-refractivity contribution in [2.75, 3.05) is 38.5 Å². The lowest BCUT2D eigenvalue weighted by molar-refractivity contribution is 0.0944. The Hall–Kier alpha value is -1.56. The zero-order valence-electron chi connectivity index (χ0n) is 12.8. The van der Waals surface area contributed by atoms with E-state index in [2.05, 4.69) is 27.6 Å². The Kier molecular flexibility index (Phi) is 4.43. The monoisotopic (exact) mass is 291 g/mol. The Labute approximate surface area is 125 Å². The number of likely N-dealkylation sites (tertiary alicyclic amines) is 1. The van der Waals surface area contributed by atoms with Gasteiger partial charge in [0.2, 0.25) is 5.95 Å². The van der Waals surface area contributed by atoms with Crippen LogP contribution in [0.15, 0.2) is 6.20 Å². The lowest BCUT2D eigenvalue weighted by Crippen LogP contribution is -2.32. The largest absolute Gasteiger partial charge is 0.356 e. The topological polar surface area (TPSA) is 62.2 Å². The van der Waals surface area contributed by atoms with Gasteiger partial charge in [0.05, 0.1) is 0 Å². The number of imidazole rings is 1. The third kappa shape index (κ3) is 3.56. The third-order valence-corrected chi connectivity index (χ3v) is 4.54. The maximum absolute atomic E-state index is 12.1. The van der Waals surface area contributed by atoms with E-state index < -0.39 is 0 Å². The minimum Gasteiger partial charge on any atom is -0.356 e. The van der Waals surface area contributed by atoms with Gasteiger partial charge < -0.3 is 20.1 Å². The van der Waals surface area contributed by atoms with Crippen molar-refractivity contribution in [1.29, 1.82) is 0 Å². The predicted octanol–water partition coefficient (Wildman–Crippen LogP) is 1.16. The molecule has 0 bridgehead atoms. The number of aryl methyl sites for hydroxylation is 1. The number of aromatic nitrogens is 2. The molecule has 0 aromatic carbocycles. The van der Waals surface area contributed by atoms with Crippen molar-refractivity contribution in [2.24, 2.45) is 5.92 Å². The quantitative estimate of drug-likeness (QED) is 0.874. The Morgan fingerprint density at radius 2 is 2.24 bits per heavy atom. The molecule has 1 amide bonds. The number of fused-ring (bicyclic) bond motifs is 1. The molecule has 1 aromatic rings. The summed E-state index contributed by atoms with van der Waals surface area (Å²) in [6.07, 6.45) is 6.50. The zero-order chi connectivity index (χ0) is 14.7. The summed E-state index contributed by atoms with van der Waals surface area (Å²) < 4.78 is 2.02. The second-order valence-corrected chi connectivity index (χ2v) is 6.21. The highest BCUT2D eigenvalue weighted by Crippen LogP contribution is 2.19. The number of rotatable bonds is 4. The smallest absolute Gasteiger partial charge is 0.271 e. The fourth-order valence-electron chi connectivity index (χ4n) is 3.12. The molecule has 1 saturated heterocycles. The molecule has 0 radical (unpaired) electrons. The van der Waals surface area contributed by atoms with E-state index >= 15 is 0 Å². The highest BCUT2D eigenvalue weighted by Gasteiger charge is 2.18. The van der Waals surface area contributed by atoms with Crippen LogP contribution in [0.4, 0.5) is 5.95 Å². The summed E-state index contributed by atoms with van der Waals surface area (Å²) in [5.41, 5.74) is 0.530. The van der Waals surface area contributed by atoms with E-state index in [1.165, 1.54) is 25.9 Å². The van der Waals surface area contributed by atoms with Gasteiger partial charge in [-0.1, -0.05) is 0 Å². The second kappa shape index (κ2) is 6.47. The van der Waals surface area contributed by atoms with E-state index in [0.717, 1.165) is 44.3 Å². The first-order valence-corrected chi connectivity index (χ1v) is 8.00. The molecule has 6 nitrogen and oxygen atoms in total. The van der Waals surface area contributed by atoms with Crippen molar-refractivity contribution in [3.05, 3.63) is 11.9 Å². The number of amides is 1. The molecule has 0 unspecified atom stereocenters. The number of nitrogens with one attached hydrogen (secondary N) is 2. The standard InChI is InChI=1S/C15H25N5O/c1-19-9-4-12(5-10-19)3-7-16-14(21)13-11-20-8-2-6-17-15(20)18-13/h11-12H,2-10H2,1H3,(H,16,21)(H,17,18). The lowest BCUT2D eigenvalue weighted by Gasteiger charge is -2.28. The molecule has 21 heavy (non-hydrogen) atoms. The van der Waals surface area contributed by atoms with Crippen LogP contribution < -0.4 is 10.6 Å². The van der Waals surface area contributed by atoms with Gasteiger partial charge in [0, 0.05) is 25.8 Å². The molecule has 6 heteroatoms. The molecule has 0 aliphatic carbocycles. The van der Waals surface area contributed by atoms with Crippen molar-refractivity contribution in [3.63, 3.8) is 0 Å². The van der Waals surface area contributed by atoms with Crippen LogP contribution in [0.3, 0.4) is 0 Å². The zero-order valence-corrected chi connectivity index (χ0v) is 12.8. The van der Waals surface area contributed by atoms with Crippen molar-refractivity contribution < 1.29 is 4.79 Å². The number of nitrogens with zero attached hydrogens (tertiary/aromatic N) is 3. The Morgan fingerprint density at radius 3 is 3.00 bits per heavy atom. The number of anilines is 1. The van der Waals surface area contributed by atoms with Crippen LogP contribution in [0.1, 0.15) is 36.2 Å². The first-order chi connectivity index (χ1) is 10.2. The molecule has 2 N–H and O–H groups in total. The molecule has 3 rings (SSSR count). The Balaban J connectivity index is 1.45. The molecule has 0 saturated carbocycles. The number of carbonyl (C=O) groups excluding carboxylic acids is 1. The molecule has 116 valence electrons. The first kappa shape index (κ1) is 14.4. The fourth-order valence-corrected chi connectivity index (χ4v) is 3.12. The Bertz CT molecular complexity index is 467. The Morgan fingerprint density at radius 1 is 1.43 bits per heavy atom. The van der Waals surface area contributed by atoms with Gasteiger partial charge in [-0.15, -0.1) is 0 Å². The average molecular weight is 291 g/mol. The van der Waals surface area contributed by atoms with Gasteiger partial charge in [-0.2, -0.15) is 0 Å². The molecule has 0 atom stereocenters. The van der Waals surface area contributed by atoms with Crippen molar-refractivity contribution in [2.45, 2.75) is 32.2 Å². The van der Waals surface area contributed by atoms with E-state index in [1.807, 2.05) is 10.8 Å². The molecule has 1 aromatic heterocycles. The number of piperidine rings is 1. The van der Waals surface area contributed by atoms with Gasteiger partial charge in [0.25, 0.3) is 5.91 Å². The van der Waals surface area contributed by atoms with E-state index in [1.54, 1.807) is 0 Å². The SMILES string of the molecule is CN1CCC(CCNC(=O)c2cn3c(n2)NCCC3)CC1. The molecule has 0 spiro atoms. The van der Waals surface area contributed by atoms with Crippen LogP contribution in [-0.2, 0) is 6.54 Å². The van der Waals surface area contributed by atoms with Gasteiger partial charge in [-0.3, -0.25) is 4.79 Å². The van der Waals surface area contributed by atoms with E-state index in [-0.39, 0.29) is 5.91 Å². The maximum Gasteiger partial charge on any atom is 0.271 e. The van der Waals surface area contributed by atoms with Crippen LogP contribution in [-0.4, -0.2) is 53.6 Å². The predicted molar refractivity (Wildman–Crippen MR) is 82.5 cm³/mol. The van der Waals surface area contributed by atoms with E-state index in [0.29, 0.717) is 5.69 Å². The minimum atomic E-state index is -0.0494. The van der Waals surface area contributed by atoms with Crippen molar-refractivity contribution in [1.82, 2.24) is 19.8 Å². The van der Waals surface area contributed by atoms with E-state index in [4.69, 9.17) is 0 Å². The highest BCUT2D eigenvalue weighted by atomic mass is 16.1. The van der Waals surface area contributed by atoms with Gasteiger partial charge in [0.1, 0.15) is 5.69 Å². The van der Waals surface area contributed by atoms with Crippen LogP contribution >= 0.6 is 0 Å². The van der Waals surface area contributed by atoms with Gasteiger partial charge in [-0.25, -0.2) is 4.98 Å². The molecule has 1 fully saturated rings. The summed E-state index contributed by atoms with van der Waals surface area (Å²) in [4.78, 5) is 18.9. The van der Waals surface area contributed by atoms with Crippen molar-refractivity contribution in [3.8, 4) is 0 Å². The summed E-state index contributed by atoms with van der Waals surface area (Å²) in [5.74, 6) is 1.52. The number of hydrogen-bond acceptors (Lipinski definition) is 4. The molecular formula is C15H25N5O. The molecule has 3 heterocycles. The normalized spacial score (nSPS) is 19.9. The van der Waals surface area contributed by atoms with Crippen LogP contribution in [0.25, 0.3) is 0 Å². The summed E-state index contributed by atoms with van der Waals surface area (Å²) in [5, 5.41) is 6.23. The van der Waals surface area contributed by atoms with Crippen molar-refractivity contribution >= 4 is 11.9 Å². The highest BCUT2D eigenvalue weighted by molar-refractivity contribution is 5.92. The van der Waals surface area contributed by atoms with Crippen LogP contribution in [0.2, 0.25) is 0 Å². The second-order valence-electron chi connectivity index (χ2n) is 6.21. The lowest BCUT2D eigenvalue weighted by atomic mass is 9.94. The minimum absolute atomic E-state index is 0.0494. The molecular weight excluding hydrogens is 266 g/mol.